The van der Waals surface area contributed by atoms with Crippen LogP contribution in [0.3, 0.4) is 0 Å². The van der Waals surface area contributed by atoms with Crippen LogP contribution in [0.2, 0.25) is 5.02 Å². The lowest BCUT2D eigenvalue weighted by molar-refractivity contribution is 0.657. The predicted octanol–water partition coefficient (Wildman–Crippen LogP) is 1.70. The summed E-state index contributed by atoms with van der Waals surface area (Å²) in [7, 11) is 0. The summed E-state index contributed by atoms with van der Waals surface area (Å²) in [6.45, 7) is 0. The molecule has 52 valence electrons. The highest BCUT2D eigenvalue weighted by atomic mass is 35.5. The van der Waals surface area contributed by atoms with Crippen LogP contribution < -0.4 is 0 Å². The standard InChI is InChI=1S/C3H3ClN6/c4-3-1-6-10(2-3)9-8-7-5/h1-2,5H/b7-5?,9-8+. The lowest BCUT2D eigenvalue weighted by Crippen LogP contribution is -1.83. The van der Waals surface area contributed by atoms with Gasteiger partial charge in [-0.3, -0.25) is 0 Å². The van der Waals surface area contributed by atoms with Gasteiger partial charge in [0.15, 0.2) is 0 Å². The molecule has 0 aliphatic heterocycles. The Morgan fingerprint density at radius 2 is 2.50 bits per heavy atom. The predicted molar refractivity (Wildman–Crippen MR) is 32.6 cm³/mol. The maximum Gasteiger partial charge on any atom is 0.0809 e. The first-order chi connectivity index (χ1) is 4.83. The molecule has 0 saturated carbocycles. The summed E-state index contributed by atoms with van der Waals surface area (Å²) in [5.41, 5.74) is 6.25. The highest BCUT2D eigenvalue weighted by Crippen LogP contribution is 2.03. The molecule has 0 saturated heterocycles. The zero-order chi connectivity index (χ0) is 7.40. The normalized spacial score (nSPS) is 10.5. The first-order valence-electron chi connectivity index (χ1n) is 2.31. The highest BCUT2D eigenvalue weighted by molar-refractivity contribution is 6.30. The molecule has 1 heterocycles. The van der Waals surface area contributed by atoms with Crippen molar-refractivity contribution >= 4 is 11.6 Å². The largest absolute Gasteiger partial charge is 0.183 e. The third-order valence-corrected chi connectivity index (χ3v) is 0.910. The summed E-state index contributed by atoms with van der Waals surface area (Å²) >= 11 is 5.48. The number of rotatable bonds is 2. The third kappa shape index (κ3) is 1.59. The van der Waals surface area contributed by atoms with Crippen LogP contribution in [0.4, 0.5) is 0 Å². The van der Waals surface area contributed by atoms with Crippen molar-refractivity contribution in [3.05, 3.63) is 17.4 Å². The number of nitrogens with one attached hydrogen (secondary N) is 1. The number of hydrogen-bond acceptors (Lipinski definition) is 3. The molecule has 1 aromatic rings. The molecule has 0 spiro atoms. The van der Waals surface area contributed by atoms with Crippen molar-refractivity contribution in [2.45, 2.75) is 0 Å². The van der Waals surface area contributed by atoms with E-state index in [9.17, 15) is 0 Å². The fourth-order valence-corrected chi connectivity index (χ4v) is 0.532. The van der Waals surface area contributed by atoms with Crippen LogP contribution in [0.1, 0.15) is 0 Å². The molecule has 6 nitrogen and oxygen atoms in total. The first kappa shape index (κ1) is 6.81. The van der Waals surface area contributed by atoms with Gasteiger partial charge in [-0.1, -0.05) is 11.6 Å². The second kappa shape index (κ2) is 3.02. The van der Waals surface area contributed by atoms with Gasteiger partial charge in [0.1, 0.15) is 0 Å². The molecule has 1 N–H and O–H groups in total. The quantitative estimate of drug-likeness (QED) is 0.516. The molecule has 0 fully saturated rings. The summed E-state index contributed by atoms with van der Waals surface area (Å²) in [6, 6.07) is 0. The first-order valence-corrected chi connectivity index (χ1v) is 2.68. The van der Waals surface area contributed by atoms with E-state index in [2.05, 4.69) is 20.8 Å². The molecule has 0 unspecified atom stereocenters. The average Bonchev–Trinajstić information content (AvgIpc) is 2.31. The zero-order valence-corrected chi connectivity index (χ0v) is 5.52. The second-order valence-electron chi connectivity index (χ2n) is 1.36. The van der Waals surface area contributed by atoms with Gasteiger partial charge in [-0.25, -0.2) is 0 Å². The fourth-order valence-electron chi connectivity index (χ4n) is 0.401. The Labute approximate surface area is 61.0 Å². The van der Waals surface area contributed by atoms with Gasteiger partial charge in [0.05, 0.1) is 17.4 Å². The molecule has 1 aromatic heterocycles. The molecule has 0 bridgehead atoms. The van der Waals surface area contributed by atoms with Gasteiger partial charge >= 0.3 is 0 Å². The van der Waals surface area contributed by atoms with Crippen molar-refractivity contribution in [2.75, 3.05) is 0 Å². The van der Waals surface area contributed by atoms with E-state index in [1.807, 2.05) is 0 Å². The number of nitrogens with zero attached hydrogens (tertiary/aromatic N) is 5. The van der Waals surface area contributed by atoms with Gasteiger partial charge < -0.3 is 0 Å². The zero-order valence-electron chi connectivity index (χ0n) is 4.77. The van der Waals surface area contributed by atoms with Gasteiger partial charge in [0, 0.05) is 0 Å². The van der Waals surface area contributed by atoms with Crippen LogP contribution in [0.5, 0.6) is 0 Å². The van der Waals surface area contributed by atoms with Gasteiger partial charge in [0.2, 0.25) is 0 Å². The third-order valence-electron chi connectivity index (χ3n) is 0.715. The Balaban J connectivity index is 2.75. The van der Waals surface area contributed by atoms with Crippen LogP contribution >= 0.6 is 11.6 Å². The number of hydrogen-bond donors (Lipinski definition) is 1. The van der Waals surface area contributed by atoms with E-state index in [1.165, 1.54) is 12.4 Å². The highest BCUT2D eigenvalue weighted by Gasteiger charge is 1.89. The van der Waals surface area contributed by atoms with Crippen molar-refractivity contribution in [2.24, 2.45) is 15.7 Å². The molecule has 0 atom stereocenters. The van der Waals surface area contributed by atoms with E-state index in [0.717, 1.165) is 4.79 Å². The molecule has 7 heteroatoms. The van der Waals surface area contributed by atoms with Crippen LogP contribution in [-0.2, 0) is 0 Å². The van der Waals surface area contributed by atoms with Crippen molar-refractivity contribution in [1.82, 2.24) is 9.89 Å². The molecule has 0 aliphatic carbocycles. The van der Waals surface area contributed by atoms with Crippen LogP contribution in [0.25, 0.3) is 0 Å². The van der Waals surface area contributed by atoms with E-state index in [1.54, 1.807) is 0 Å². The Morgan fingerprint density at radius 1 is 1.70 bits per heavy atom. The Bertz CT molecular complexity index is 251. The Kier molecular flexibility index (Phi) is 2.06. The summed E-state index contributed by atoms with van der Waals surface area (Å²) in [5.74, 6) is 0. The van der Waals surface area contributed by atoms with Crippen molar-refractivity contribution in [3.8, 4) is 0 Å². The molecular formula is C3H3ClN6. The molecule has 10 heavy (non-hydrogen) atoms. The van der Waals surface area contributed by atoms with Crippen molar-refractivity contribution in [3.63, 3.8) is 0 Å². The van der Waals surface area contributed by atoms with E-state index in [0.29, 0.717) is 5.02 Å². The molecule has 0 aromatic carbocycles. The average molecular weight is 159 g/mol. The number of aromatic nitrogens is 2. The molecule has 1 rings (SSSR count). The molecule has 0 radical (unpaired) electrons. The molecule has 0 amide bonds. The summed E-state index contributed by atoms with van der Waals surface area (Å²) in [4.78, 5) is 1.11. The lowest BCUT2D eigenvalue weighted by atomic mass is 10.7. The smallest absolute Gasteiger partial charge is 0.0809 e. The van der Waals surface area contributed by atoms with Gasteiger partial charge in [-0.15, -0.1) is 4.79 Å². The summed E-state index contributed by atoms with van der Waals surface area (Å²) in [6.07, 6.45) is 2.85. The minimum Gasteiger partial charge on any atom is -0.183 e. The van der Waals surface area contributed by atoms with Gasteiger partial charge in [0.25, 0.3) is 0 Å². The Morgan fingerprint density at radius 3 is 3.00 bits per heavy atom. The monoisotopic (exact) mass is 158 g/mol. The van der Waals surface area contributed by atoms with E-state index >= 15 is 0 Å². The minimum atomic E-state index is 0.462. The van der Waals surface area contributed by atoms with Crippen molar-refractivity contribution < 1.29 is 0 Å². The van der Waals surface area contributed by atoms with Gasteiger partial charge in [-0.2, -0.15) is 10.6 Å². The molecular weight excluding hydrogens is 156 g/mol. The van der Waals surface area contributed by atoms with E-state index < -0.39 is 0 Å². The summed E-state index contributed by atoms with van der Waals surface area (Å²) < 4.78 is 0. The van der Waals surface area contributed by atoms with Crippen molar-refractivity contribution in [1.29, 1.82) is 5.53 Å². The summed E-state index contributed by atoms with van der Waals surface area (Å²) in [5, 5.41) is 13.1. The number of halogens is 1. The van der Waals surface area contributed by atoms with Crippen LogP contribution in [0, 0.1) is 5.53 Å². The second-order valence-corrected chi connectivity index (χ2v) is 1.79. The van der Waals surface area contributed by atoms with Gasteiger partial charge in [-0.05, 0) is 15.7 Å². The SMILES string of the molecule is N=N/N=N/n1cc(Cl)cn1. The van der Waals surface area contributed by atoms with E-state index in [4.69, 9.17) is 17.1 Å². The fraction of sp³-hybridized carbons (Fsp3) is 0. The minimum absolute atomic E-state index is 0.462. The van der Waals surface area contributed by atoms with Crippen LogP contribution in [-0.4, -0.2) is 9.89 Å². The maximum absolute atomic E-state index is 6.25. The molecule has 0 aliphatic rings. The van der Waals surface area contributed by atoms with Crippen LogP contribution in [0.15, 0.2) is 28.1 Å². The topological polar surface area (TPSA) is 78.8 Å². The Hall–Kier alpha value is -1.30. The van der Waals surface area contributed by atoms with E-state index in [-0.39, 0.29) is 0 Å². The lowest BCUT2D eigenvalue weighted by Gasteiger charge is -1.80. The maximum atomic E-state index is 6.25.